The van der Waals surface area contributed by atoms with Crippen LogP contribution < -0.4 is 0 Å². The minimum absolute atomic E-state index is 0.119. The number of hydrogen-bond donors (Lipinski definition) is 0. The summed E-state index contributed by atoms with van der Waals surface area (Å²) in [5.41, 5.74) is 6.67. The lowest BCUT2D eigenvalue weighted by Crippen LogP contribution is -2.04. The fourth-order valence-corrected chi connectivity index (χ4v) is 7.91. The van der Waals surface area contributed by atoms with Gasteiger partial charge in [-0.05, 0) is 72.1 Å². The van der Waals surface area contributed by atoms with E-state index in [1.54, 1.807) is 24.3 Å². The summed E-state index contributed by atoms with van der Waals surface area (Å²) in [4.78, 5) is 37.8. The lowest BCUT2D eigenvalue weighted by molar-refractivity contribution is 0.107. The average Bonchev–Trinajstić information content (AvgIpc) is 3.75. The van der Waals surface area contributed by atoms with E-state index in [1.807, 2.05) is 97.1 Å². The molecule has 0 unspecified atom stereocenters. The van der Waals surface area contributed by atoms with Crippen LogP contribution in [0.5, 0.6) is 0 Å². The Bertz CT molecular complexity index is 2150. The number of aromatic nitrogens is 4. The Kier molecular flexibility index (Phi) is 10.4. The first kappa shape index (κ1) is 35.0. The van der Waals surface area contributed by atoms with E-state index in [0.717, 1.165) is 69.1 Å². The molecule has 7 aromatic rings. The molecular weight excluding hydrogens is 681 g/mol. The summed E-state index contributed by atoms with van der Waals surface area (Å²) < 4.78 is 4.31. The third-order valence-corrected chi connectivity index (χ3v) is 10.4. The highest BCUT2D eigenvalue weighted by molar-refractivity contribution is 8.14. The van der Waals surface area contributed by atoms with Crippen molar-refractivity contribution in [2.45, 2.75) is 49.6 Å². The van der Waals surface area contributed by atoms with E-state index in [9.17, 15) is 9.59 Å². The van der Waals surface area contributed by atoms with Gasteiger partial charge in [-0.3, -0.25) is 18.7 Å². The monoisotopic (exact) mass is 718 g/mol. The standard InChI is InChI=1S/C44H38N4O2S2/c1-29(2)39-45-41(37(31-17-9-5-10-18-31)47(39)35-21-13-7-14-22-35)51-43(49)33-25-27-34(28-26-33)44(50)52-42-38(32-19-11-6-12-20-32)48(40(46-42)30(3)4)36-23-15-8-16-24-36/h5-30H,1-4H3. The van der Waals surface area contributed by atoms with Crippen LogP contribution in [0.4, 0.5) is 0 Å². The van der Waals surface area contributed by atoms with Crippen molar-refractivity contribution in [2.75, 3.05) is 0 Å². The molecule has 0 aliphatic carbocycles. The van der Waals surface area contributed by atoms with Crippen molar-refractivity contribution in [3.05, 3.63) is 168 Å². The molecule has 0 saturated heterocycles. The van der Waals surface area contributed by atoms with Gasteiger partial charge in [0, 0.05) is 45.5 Å². The Morgan fingerprint density at radius 3 is 1.08 bits per heavy atom. The van der Waals surface area contributed by atoms with Crippen molar-refractivity contribution in [1.29, 1.82) is 0 Å². The number of benzene rings is 5. The number of imidazole rings is 2. The lowest BCUT2D eigenvalue weighted by Gasteiger charge is -2.14. The molecule has 2 heterocycles. The number of rotatable bonds is 10. The van der Waals surface area contributed by atoms with Crippen LogP contribution in [0.3, 0.4) is 0 Å². The van der Waals surface area contributed by atoms with Gasteiger partial charge >= 0.3 is 0 Å². The van der Waals surface area contributed by atoms with Gasteiger partial charge in [0.2, 0.25) is 10.2 Å². The second-order valence-electron chi connectivity index (χ2n) is 13.0. The van der Waals surface area contributed by atoms with Crippen molar-refractivity contribution >= 4 is 33.8 Å². The van der Waals surface area contributed by atoms with Crippen molar-refractivity contribution < 1.29 is 9.59 Å². The highest BCUT2D eigenvalue weighted by atomic mass is 32.2. The molecular formula is C44H38N4O2S2. The third kappa shape index (κ3) is 7.17. The highest BCUT2D eigenvalue weighted by Crippen LogP contribution is 2.40. The zero-order valence-corrected chi connectivity index (χ0v) is 31.1. The summed E-state index contributed by atoms with van der Waals surface area (Å²) in [5, 5.41) is 0.989. The quantitative estimate of drug-likeness (QED) is 0.131. The van der Waals surface area contributed by atoms with Gasteiger partial charge in [0.1, 0.15) is 21.7 Å². The predicted octanol–water partition coefficient (Wildman–Crippen LogP) is 11.5. The molecule has 0 bridgehead atoms. The molecule has 5 aromatic carbocycles. The molecule has 258 valence electrons. The van der Waals surface area contributed by atoms with E-state index in [-0.39, 0.29) is 22.1 Å². The van der Waals surface area contributed by atoms with Gasteiger partial charge in [0.15, 0.2) is 0 Å². The number of para-hydroxylation sites is 2. The predicted molar refractivity (Wildman–Crippen MR) is 213 cm³/mol. The molecule has 2 aromatic heterocycles. The van der Waals surface area contributed by atoms with E-state index < -0.39 is 0 Å². The van der Waals surface area contributed by atoms with Crippen LogP contribution >= 0.6 is 23.5 Å². The van der Waals surface area contributed by atoms with Gasteiger partial charge in [0.25, 0.3) is 0 Å². The van der Waals surface area contributed by atoms with Crippen LogP contribution in [-0.2, 0) is 0 Å². The number of carbonyl (C=O) groups excluding carboxylic acids is 2. The van der Waals surface area contributed by atoms with Gasteiger partial charge in [-0.15, -0.1) is 0 Å². The summed E-state index contributed by atoms with van der Waals surface area (Å²) in [7, 11) is 0. The molecule has 8 heteroatoms. The third-order valence-electron chi connectivity index (χ3n) is 8.63. The molecule has 0 N–H and O–H groups in total. The smallest absolute Gasteiger partial charge is 0.225 e. The van der Waals surface area contributed by atoms with E-state index >= 15 is 0 Å². The topological polar surface area (TPSA) is 69.8 Å². The molecule has 52 heavy (non-hydrogen) atoms. The van der Waals surface area contributed by atoms with Gasteiger partial charge < -0.3 is 0 Å². The van der Waals surface area contributed by atoms with Crippen molar-refractivity contribution in [1.82, 2.24) is 19.1 Å². The van der Waals surface area contributed by atoms with E-state index in [1.165, 1.54) is 0 Å². The van der Waals surface area contributed by atoms with Crippen LogP contribution in [0, 0.1) is 0 Å². The molecule has 0 saturated carbocycles. The molecule has 6 nitrogen and oxygen atoms in total. The first-order chi connectivity index (χ1) is 25.3. The van der Waals surface area contributed by atoms with Crippen LogP contribution in [0.2, 0.25) is 0 Å². The van der Waals surface area contributed by atoms with Crippen LogP contribution in [0.15, 0.2) is 156 Å². The van der Waals surface area contributed by atoms with E-state index in [4.69, 9.17) is 9.97 Å². The Hall–Kier alpha value is -5.44. The number of thioether (sulfide) groups is 2. The summed E-state index contributed by atoms with van der Waals surface area (Å²) in [6, 6.07) is 47.3. The second kappa shape index (κ2) is 15.4. The minimum atomic E-state index is -0.147. The van der Waals surface area contributed by atoms with Gasteiger partial charge in [-0.1, -0.05) is 125 Å². The highest BCUT2D eigenvalue weighted by Gasteiger charge is 2.26. The lowest BCUT2D eigenvalue weighted by atomic mass is 10.1. The average molecular weight is 719 g/mol. The molecule has 0 aliphatic rings. The number of carbonyl (C=O) groups is 2. The molecule has 0 atom stereocenters. The zero-order valence-electron chi connectivity index (χ0n) is 29.4. The Morgan fingerprint density at radius 2 is 0.769 bits per heavy atom. The van der Waals surface area contributed by atoms with Gasteiger partial charge in [-0.25, -0.2) is 9.97 Å². The normalized spacial score (nSPS) is 11.3. The fraction of sp³-hybridized carbons (Fsp3) is 0.136. The molecule has 0 spiro atoms. The van der Waals surface area contributed by atoms with Gasteiger partial charge in [0.05, 0.1) is 11.4 Å². The number of hydrogen-bond acceptors (Lipinski definition) is 6. The first-order valence-electron chi connectivity index (χ1n) is 17.3. The van der Waals surface area contributed by atoms with Crippen molar-refractivity contribution in [3.8, 4) is 33.9 Å². The molecule has 0 fully saturated rings. The first-order valence-corrected chi connectivity index (χ1v) is 18.9. The molecule has 7 rings (SSSR count). The Morgan fingerprint density at radius 1 is 0.462 bits per heavy atom. The summed E-state index contributed by atoms with van der Waals surface area (Å²) >= 11 is 2.23. The summed E-state index contributed by atoms with van der Waals surface area (Å²) in [6.07, 6.45) is 0. The fourth-order valence-electron chi connectivity index (χ4n) is 6.16. The SMILES string of the molecule is CC(C)c1nc(SC(=O)c2ccc(C(=O)Sc3nc(C(C)C)n(-c4ccccc4)c3-c3ccccc3)cc2)c(-c2ccccc2)n1-c1ccccc1. The van der Waals surface area contributed by atoms with Crippen LogP contribution in [0.25, 0.3) is 33.9 Å². The summed E-state index contributed by atoms with van der Waals surface area (Å²) in [6.45, 7) is 8.44. The van der Waals surface area contributed by atoms with E-state index in [2.05, 4.69) is 61.1 Å². The molecule has 0 radical (unpaired) electrons. The minimum Gasteiger partial charge on any atom is -0.295 e. The molecule has 0 aliphatic heterocycles. The van der Waals surface area contributed by atoms with Gasteiger partial charge in [-0.2, -0.15) is 0 Å². The second-order valence-corrected chi connectivity index (χ2v) is 14.9. The number of nitrogens with zero attached hydrogens (tertiary/aromatic N) is 4. The van der Waals surface area contributed by atoms with Crippen LogP contribution in [-0.4, -0.2) is 29.3 Å². The maximum absolute atomic E-state index is 13.8. The van der Waals surface area contributed by atoms with Crippen molar-refractivity contribution in [2.24, 2.45) is 0 Å². The Labute approximate surface area is 313 Å². The zero-order chi connectivity index (χ0) is 36.2. The van der Waals surface area contributed by atoms with E-state index in [0.29, 0.717) is 21.2 Å². The van der Waals surface area contributed by atoms with Crippen molar-refractivity contribution in [3.63, 3.8) is 0 Å². The maximum Gasteiger partial charge on any atom is 0.225 e. The summed E-state index contributed by atoms with van der Waals surface area (Å²) in [5.74, 6) is 1.99. The van der Waals surface area contributed by atoms with Crippen LogP contribution in [0.1, 0.15) is 71.9 Å². The molecule has 0 amide bonds. The Balaban J connectivity index is 1.19. The maximum atomic E-state index is 13.8. The largest absolute Gasteiger partial charge is 0.295 e.